The van der Waals surface area contributed by atoms with Crippen LogP contribution in [0.15, 0.2) is 41.8 Å². The second-order valence-electron chi connectivity index (χ2n) is 4.54. The number of hydrogen-bond acceptors (Lipinski definition) is 2. The highest BCUT2D eigenvalue weighted by Crippen LogP contribution is 2.22. The Labute approximate surface area is 116 Å². The van der Waals surface area contributed by atoms with E-state index in [0.717, 1.165) is 6.42 Å². The molecule has 0 aliphatic rings. The molecular formula is C16H25NS. The SMILES string of the molecule is C=CCCCCCC(NC)c1ccc(SC)cc1. The highest BCUT2D eigenvalue weighted by molar-refractivity contribution is 7.98. The van der Waals surface area contributed by atoms with Crippen LogP contribution in [0.25, 0.3) is 0 Å². The molecule has 0 saturated heterocycles. The number of benzene rings is 1. The highest BCUT2D eigenvalue weighted by Gasteiger charge is 2.08. The third-order valence-electron chi connectivity index (χ3n) is 3.27. The summed E-state index contributed by atoms with van der Waals surface area (Å²) in [5.74, 6) is 0. The van der Waals surface area contributed by atoms with Crippen LogP contribution in [0.1, 0.15) is 43.7 Å². The Bertz CT molecular complexity index is 331. The van der Waals surface area contributed by atoms with Crippen molar-refractivity contribution in [3.05, 3.63) is 42.5 Å². The van der Waals surface area contributed by atoms with Gasteiger partial charge in [0.05, 0.1) is 0 Å². The average molecular weight is 263 g/mol. The van der Waals surface area contributed by atoms with Gasteiger partial charge in [0.1, 0.15) is 0 Å². The maximum atomic E-state index is 3.76. The molecule has 2 heteroatoms. The quantitative estimate of drug-likeness (QED) is 0.390. The van der Waals surface area contributed by atoms with E-state index in [1.165, 1.54) is 36.1 Å². The second-order valence-corrected chi connectivity index (χ2v) is 5.42. The van der Waals surface area contributed by atoms with Gasteiger partial charge in [0.2, 0.25) is 0 Å². The molecule has 1 atom stereocenters. The van der Waals surface area contributed by atoms with E-state index < -0.39 is 0 Å². The van der Waals surface area contributed by atoms with Crippen molar-refractivity contribution in [3.8, 4) is 0 Å². The zero-order valence-electron chi connectivity index (χ0n) is 11.6. The summed E-state index contributed by atoms with van der Waals surface area (Å²) in [4.78, 5) is 1.33. The van der Waals surface area contributed by atoms with Gasteiger partial charge in [-0.15, -0.1) is 18.3 Å². The Morgan fingerprint density at radius 1 is 1.22 bits per heavy atom. The van der Waals surface area contributed by atoms with E-state index >= 15 is 0 Å². The molecule has 0 aliphatic carbocycles. The first-order chi connectivity index (χ1) is 8.81. The lowest BCUT2D eigenvalue weighted by molar-refractivity contribution is 0.508. The number of unbranched alkanes of at least 4 members (excludes halogenated alkanes) is 3. The fraction of sp³-hybridized carbons (Fsp3) is 0.500. The Kier molecular flexibility index (Phi) is 7.86. The van der Waals surface area contributed by atoms with E-state index in [2.05, 4.69) is 49.5 Å². The number of rotatable bonds is 9. The van der Waals surface area contributed by atoms with Gasteiger partial charge >= 0.3 is 0 Å². The maximum absolute atomic E-state index is 3.76. The standard InChI is InChI=1S/C16H25NS/c1-4-5-6-7-8-9-16(17-2)14-10-12-15(18-3)13-11-14/h4,10-13,16-17H,1,5-9H2,2-3H3. The highest BCUT2D eigenvalue weighted by atomic mass is 32.2. The fourth-order valence-corrected chi connectivity index (χ4v) is 2.54. The molecule has 18 heavy (non-hydrogen) atoms. The monoisotopic (exact) mass is 263 g/mol. The van der Waals surface area contributed by atoms with Crippen LogP contribution < -0.4 is 5.32 Å². The Hall–Kier alpha value is -0.730. The lowest BCUT2D eigenvalue weighted by Gasteiger charge is -2.16. The molecule has 0 bridgehead atoms. The molecule has 1 rings (SSSR count). The van der Waals surface area contributed by atoms with Gasteiger partial charge in [0, 0.05) is 10.9 Å². The fourth-order valence-electron chi connectivity index (χ4n) is 2.13. The lowest BCUT2D eigenvalue weighted by Crippen LogP contribution is -2.16. The molecule has 1 N–H and O–H groups in total. The molecule has 100 valence electrons. The summed E-state index contributed by atoms with van der Waals surface area (Å²) in [6, 6.07) is 9.40. The largest absolute Gasteiger partial charge is 0.313 e. The van der Waals surface area contributed by atoms with Crippen LogP contribution >= 0.6 is 11.8 Å². The van der Waals surface area contributed by atoms with Gasteiger partial charge < -0.3 is 5.32 Å². The number of allylic oxidation sites excluding steroid dienone is 1. The zero-order chi connectivity index (χ0) is 13.2. The molecule has 0 amide bonds. The zero-order valence-corrected chi connectivity index (χ0v) is 12.4. The smallest absolute Gasteiger partial charge is 0.0317 e. The van der Waals surface area contributed by atoms with E-state index in [0.29, 0.717) is 6.04 Å². The molecule has 0 saturated carbocycles. The number of hydrogen-bond donors (Lipinski definition) is 1. The molecule has 1 unspecified atom stereocenters. The first kappa shape index (κ1) is 15.3. The minimum atomic E-state index is 0.490. The van der Waals surface area contributed by atoms with Gasteiger partial charge in [0.15, 0.2) is 0 Å². The van der Waals surface area contributed by atoms with Crippen LogP contribution in [0.3, 0.4) is 0 Å². The number of nitrogens with one attached hydrogen (secondary N) is 1. The minimum absolute atomic E-state index is 0.490. The van der Waals surface area contributed by atoms with Crippen LogP contribution in [0.4, 0.5) is 0 Å². The average Bonchev–Trinajstić information content (AvgIpc) is 2.43. The molecule has 0 fully saturated rings. The van der Waals surface area contributed by atoms with E-state index in [-0.39, 0.29) is 0 Å². The first-order valence-electron chi connectivity index (χ1n) is 6.74. The van der Waals surface area contributed by atoms with Crippen molar-refractivity contribution in [2.24, 2.45) is 0 Å². The van der Waals surface area contributed by atoms with Gasteiger partial charge in [-0.25, -0.2) is 0 Å². The van der Waals surface area contributed by atoms with E-state index in [1.807, 2.05) is 6.08 Å². The molecular weight excluding hydrogens is 238 g/mol. The summed E-state index contributed by atoms with van der Waals surface area (Å²) in [5, 5.41) is 3.42. The predicted octanol–water partition coefficient (Wildman–Crippen LogP) is 4.81. The van der Waals surface area contributed by atoms with Gasteiger partial charge in [-0.3, -0.25) is 0 Å². The van der Waals surface area contributed by atoms with E-state index in [1.54, 1.807) is 11.8 Å². The normalized spacial score (nSPS) is 12.3. The van der Waals surface area contributed by atoms with Crippen LogP contribution in [0.2, 0.25) is 0 Å². The van der Waals surface area contributed by atoms with Crippen molar-refractivity contribution in [3.63, 3.8) is 0 Å². The van der Waals surface area contributed by atoms with Crippen molar-refractivity contribution in [1.82, 2.24) is 5.32 Å². The number of thioether (sulfide) groups is 1. The molecule has 0 aromatic heterocycles. The van der Waals surface area contributed by atoms with Gasteiger partial charge in [-0.1, -0.05) is 31.1 Å². The summed E-state index contributed by atoms with van der Waals surface area (Å²) < 4.78 is 0. The molecule has 1 nitrogen and oxygen atoms in total. The van der Waals surface area contributed by atoms with Gasteiger partial charge in [-0.2, -0.15) is 0 Å². The molecule has 1 aromatic carbocycles. The van der Waals surface area contributed by atoms with Crippen LogP contribution in [-0.2, 0) is 0 Å². The molecule has 1 aromatic rings. The molecule has 0 radical (unpaired) electrons. The summed E-state index contributed by atoms with van der Waals surface area (Å²) in [6.45, 7) is 3.76. The predicted molar refractivity (Wildman–Crippen MR) is 83.3 cm³/mol. The van der Waals surface area contributed by atoms with Crippen LogP contribution in [0, 0.1) is 0 Å². The summed E-state index contributed by atoms with van der Waals surface area (Å²) >= 11 is 1.79. The van der Waals surface area contributed by atoms with Gasteiger partial charge in [-0.05, 0) is 50.3 Å². The van der Waals surface area contributed by atoms with Crippen LogP contribution in [-0.4, -0.2) is 13.3 Å². The third kappa shape index (κ3) is 5.28. The lowest BCUT2D eigenvalue weighted by atomic mass is 10.0. The summed E-state index contributed by atoms with van der Waals surface area (Å²) in [5.41, 5.74) is 1.40. The third-order valence-corrected chi connectivity index (χ3v) is 4.01. The molecule has 0 aliphatic heterocycles. The Morgan fingerprint density at radius 3 is 2.50 bits per heavy atom. The topological polar surface area (TPSA) is 12.0 Å². The molecule has 0 spiro atoms. The van der Waals surface area contributed by atoms with Crippen LogP contribution in [0.5, 0.6) is 0 Å². The van der Waals surface area contributed by atoms with Crippen molar-refractivity contribution >= 4 is 11.8 Å². The maximum Gasteiger partial charge on any atom is 0.0317 e. The van der Waals surface area contributed by atoms with E-state index in [9.17, 15) is 0 Å². The summed E-state index contributed by atoms with van der Waals surface area (Å²) in [6.07, 6.45) is 10.3. The van der Waals surface area contributed by atoms with Crippen molar-refractivity contribution in [1.29, 1.82) is 0 Å². The Morgan fingerprint density at radius 2 is 1.94 bits per heavy atom. The van der Waals surface area contributed by atoms with Crippen molar-refractivity contribution in [2.45, 2.75) is 43.0 Å². The van der Waals surface area contributed by atoms with Crippen molar-refractivity contribution < 1.29 is 0 Å². The Balaban J connectivity index is 2.41. The minimum Gasteiger partial charge on any atom is -0.313 e. The van der Waals surface area contributed by atoms with E-state index in [4.69, 9.17) is 0 Å². The second kappa shape index (κ2) is 9.23. The first-order valence-corrected chi connectivity index (χ1v) is 7.96. The van der Waals surface area contributed by atoms with Crippen molar-refractivity contribution in [2.75, 3.05) is 13.3 Å². The van der Waals surface area contributed by atoms with Gasteiger partial charge in [0.25, 0.3) is 0 Å². The summed E-state index contributed by atoms with van der Waals surface area (Å²) in [7, 11) is 2.05. The molecule has 0 heterocycles.